The van der Waals surface area contributed by atoms with E-state index < -0.39 is 5.97 Å². The first kappa shape index (κ1) is 18.7. The van der Waals surface area contributed by atoms with Crippen molar-refractivity contribution in [2.75, 3.05) is 43.6 Å². The summed E-state index contributed by atoms with van der Waals surface area (Å²) in [6.07, 6.45) is 0. The van der Waals surface area contributed by atoms with Crippen LogP contribution in [0.25, 0.3) is 0 Å². The van der Waals surface area contributed by atoms with E-state index in [1.807, 2.05) is 18.2 Å². The number of methoxy groups -OCH3 is 1. The Kier molecular flexibility index (Phi) is 6.10. The summed E-state index contributed by atoms with van der Waals surface area (Å²) in [5, 5.41) is 2.81. The Balaban J connectivity index is 1.88. The number of nitrogens with one attached hydrogen (secondary N) is 1. The van der Waals surface area contributed by atoms with Crippen LogP contribution in [-0.4, -0.2) is 45.3 Å². The molecule has 0 aromatic heterocycles. The molecular weight excluding hydrogens is 447 g/mol. The highest BCUT2D eigenvalue weighted by atomic mass is 127. The van der Waals surface area contributed by atoms with Crippen molar-refractivity contribution in [3.63, 3.8) is 0 Å². The molecule has 0 saturated carbocycles. The van der Waals surface area contributed by atoms with Gasteiger partial charge in [0, 0.05) is 27.9 Å². The summed E-state index contributed by atoms with van der Waals surface area (Å²) in [4.78, 5) is 26.9. The molecular formula is C19H19IN2O4. The fourth-order valence-corrected chi connectivity index (χ4v) is 3.31. The molecule has 1 aliphatic rings. The third-order valence-corrected chi connectivity index (χ3v) is 4.79. The Hall–Kier alpha value is -2.13. The van der Waals surface area contributed by atoms with Gasteiger partial charge in [0.15, 0.2) is 0 Å². The maximum atomic E-state index is 12.5. The van der Waals surface area contributed by atoms with E-state index in [2.05, 4.69) is 32.8 Å². The first-order valence-corrected chi connectivity index (χ1v) is 9.28. The van der Waals surface area contributed by atoms with Gasteiger partial charge in [-0.15, -0.1) is 0 Å². The SMILES string of the molecule is COC(=O)c1cc(N2CCOCC2)ccc1NC(=O)c1cccc(I)c1. The number of rotatable bonds is 4. The van der Waals surface area contributed by atoms with Crippen LogP contribution in [0, 0.1) is 3.57 Å². The molecule has 0 radical (unpaired) electrons. The van der Waals surface area contributed by atoms with Gasteiger partial charge in [0.25, 0.3) is 5.91 Å². The van der Waals surface area contributed by atoms with Gasteiger partial charge in [-0.1, -0.05) is 6.07 Å². The second kappa shape index (κ2) is 8.50. The Morgan fingerprint density at radius 3 is 2.62 bits per heavy atom. The second-order valence-electron chi connectivity index (χ2n) is 5.79. The first-order valence-electron chi connectivity index (χ1n) is 8.20. The summed E-state index contributed by atoms with van der Waals surface area (Å²) < 4.78 is 11.2. The zero-order chi connectivity index (χ0) is 18.5. The van der Waals surface area contributed by atoms with E-state index in [-0.39, 0.29) is 5.91 Å². The van der Waals surface area contributed by atoms with Crippen molar-refractivity contribution < 1.29 is 19.1 Å². The molecule has 3 rings (SSSR count). The number of amides is 1. The van der Waals surface area contributed by atoms with E-state index in [4.69, 9.17) is 9.47 Å². The predicted octanol–water partition coefficient (Wildman–Crippen LogP) is 3.17. The minimum atomic E-state index is -0.488. The van der Waals surface area contributed by atoms with Gasteiger partial charge < -0.3 is 19.7 Å². The largest absolute Gasteiger partial charge is 0.465 e. The number of hydrogen-bond acceptors (Lipinski definition) is 5. The molecule has 1 heterocycles. The molecule has 0 aliphatic carbocycles. The average molecular weight is 466 g/mol. The van der Waals surface area contributed by atoms with Crippen LogP contribution >= 0.6 is 22.6 Å². The second-order valence-corrected chi connectivity index (χ2v) is 7.03. The summed E-state index contributed by atoms with van der Waals surface area (Å²) in [7, 11) is 1.33. The van der Waals surface area contributed by atoms with Crippen LogP contribution in [-0.2, 0) is 9.47 Å². The highest BCUT2D eigenvalue weighted by Gasteiger charge is 2.19. The molecule has 1 N–H and O–H groups in total. The maximum Gasteiger partial charge on any atom is 0.340 e. The number of halogens is 1. The van der Waals surface area contributed by atoms with Gasteiger partial charge >= 0.3 is 5.97 Å². The summed E-state index contributed by atoms with van der Waals surface area (Å²) in [5.74, 6) is -0.758. The lowest BCUT2D eigenvalue weighted by Crippen LogP contribution is -2.36. The molecule has 0 unspecified atom stereocenters. The average Bonchev–Trinajstić information content (AvgIpc) is 2.68. The molecule has 2 aromatic carbocycles. The van der Waals surface area contributed by atoms with Gasteiger partial charge in [0.05, 0.1) is 31.6 Å². The molecule has 7 heteroatoms. The van der Waals surface area contributed by atoms with Gasteiger partial charge in [-0.25, -0.2) is 4.79 Å². The smallest absolute Gasteiger partial charge is 0.340 e. The summed E-state index contributed by atoms with van der Waals surface area (Å²) in [5.41, 5.74) is 2.19. The van der Waals surface area contributed by atoms with Crippen LogP contribution < -0.4 is 10.2 Å². The number of carbonyl (C=O) groups excluding carboxylic acids is 2. The third kappa shape index (κ3) is 4.34. The monoisotopic (exact) mass is 466 g/mol. The molecule has 26 heavy (non-hydrogen) atoms. The molecule has 1 fully saturated rings. The van der Waals surface area contributed by atoms with Gasteiger partial charge in [-0.2, -0.15) is 0 Å². The van der Waals surface area contributed by atoms with E-state index >= 15 is 0 Å². The van der Waals surface area contributed by atoms with Gasteiger partial charge in [-0.3, -0.25) is 4.79 Å². The lowest BCUT2D eigenvalue weighted by molar-refractivity contribution is 0.0602. The van der Waals surface area contributed by atoms with Gasteiger partial charge in [0.1, 0.15) is 0 Å². The van der Waals surface area contributed by atoms with Crippen LogP contribution in [0.2, 0.25) is 0 Å². The fourth-order valence-electron chi connectivity index (χ4n) is 2.76. The molecule has 0 bridgehead atoms. The van der Waals surface area contributed by atoms with Crippen LogP contribution in [0.4, 0.5) is 11.4 Å². The summed E-state index contributed by atoms with van der Waals surface area (Å²) in [6, 6.07) is 12.6. The lowest BCUT2D eigenvalue weighted by atomic mass is 10.1. The van der Waals surface area contributed by atoms with E-state index in [0.29, 0.717) is 30.0 Å². The van der Waals surface area contributed by atoms with Crippen molar-refractivity contribution in [1.82, 2.24) is 0 Å². The highest BCUT2D eigenvalue weighted by molar-refractivity contribution is 14.1. The zero-order valence-corrected chi connectivity index (χ0v) is 16.5. The molecule has 1 amide bonds. The van der Waals surface area contributed by atoms with Crippen molar-refractivity contribution in [2.24, 2.45) is 0 Å². The first-order chi connectivity index (χ1) is 12.6. The van der Waals surface area contributed by atoms with Gasteiger partial charge in [0.2, 0.25) is 0 Å². The molecule has 6 nitrogen and oxygen atoms in total. The van der Waals surface area contributed by atoms with Crippen LogP contribution in [0.5, 0.6) is 0 Å². The minimum Gasteiger partial charge on any atom is -0.465 e. The van der Waals surface area contributed by atoms with Gasteiger partial charge in [-0.05, 0) is 59.0 Å². The van der Waals surface area contributed by atoms with Crippen molar-refractivity contribution in [3.05, 3.63) is 57.2 Å². The molecule has 2 aromatic rings. The van der Waals surface area contributed by atoms with E-state index in [1.165, 1.54) is 7.11 Å². The molecule has 0 atom stereocenters. The van der Waals surface area contributed by atoms with E-state index in [9.17, 15) is 9.59 Å². The number of nitrogens with zero attached hydrogens (tertiary/aromatic N) is 1. The van der Waals surface area contributed by atoms with Crippen LogP contribution in [0.3, 0.4) is 0 Å². The van der Waals surface area contributed by atoms with Crippen molar-refractivity contribution >= 4 is 45.8 Å². The highest BCUT2D eigenvalue weighted by Crippen LogP contribution is 2.25. The zero-order valence-electron chi connectivity index (χ0n) is 14.3. The number of benzene rings is 2. The van der Waals surface area contributed by atoms with Crippen molar-refractivity contribution in [1.29, 1.82) is 0 Å². The Morgan fingerprint density at radius 1 is 1.15 bits per heavy atom. The number of ether oxygens (including phenoxy) is 2. The molecule has 1 saturated heterocycles. The number of morpholine rings is 1. The topological polar surface area (TPSA) is 67.9 Å². The quantitative estimate of drug-likeness (QED) is 0.554. The van der Waals surface area contributed by atoms with Crippen molar-refractivity contribution in [2.45, 2.75) is 0 Å². The molecule has 0 spiro atoms. The van der Waals surface area contributed by atoms with E-state index in [1.54, 1.807) is 24.3 Å². The van der Waals surface area contributed by atoms with Crippen LogP contribution in [0.1, 0.15) is 20.7 Å². The fraction of sp³-hybridized carbons (Fsp3) is 0.263. The number of carbonyl (C=O) groups is 2. The number of anilines is 2. The number of esters is 1. The predicted molar refractivity (Wildman–Crippen MR) is 108 cm³/mol. The number of hydrogen-bond donors (Lipinski definition) is 1. The third-order valence-electron chi connectivity index (χ3n) is 4.12. The molecule has 1 aliphatic heterocycles. The van der Waals surface area contributed by atoms with E-state index in [0.717, 1.165) is 22.3 Å². The van der Waals surface area contributed by atoms with Crippen LogP contribution in [0.15, 0.2) is 42.5 Å². The Morgan fingerprint density at radius 2 is 1.92 bits per heavy atom. The minimum absolute atomic E-state index is 0.271. The Bertz CT molecular complexity index is 819. The maximum absolute atomic E-state index is 12.5. The standard InChI is InChI=1S/C19H19IN2O4/c1-25-19(24)16-12-15(22-7-9-26-10-8-22)5-6-17(16)21-18(23)13-3-2-4-14(20)11-13/h2-6,11-12H,7-10H2,1H3,(H,21,23). The summed E-state index contributed by atoms with van der Waals surface area (Å²) >= 11 is 2.15. The molecule has 136 valence electrons. The lowest BCUT2D eigenvalue weighted by Gasteiger charge is -2.29. The van der Waals surface area contributed by atoms with Crippen molar-refractivity contribution in [3.8, 4) is 0 Å². The normalized spacial score (nSPS) is 14.0. The summed E-state index contributed by atoms with van der Waals surface area (Å²) in [6.45, 7) is 2.82. The Labute approximate surface area is 165 Å².